The summed E-state index contributed by atoms with van der Waals surface area (Å²) in [5.41, 5.74) is 5.69. The minimum atomic E-state index is 0.256. The molecule has 0 spiro atoms. The van der Waals surface area contributed by atoms with Crippen LogP contribution in [0.4, 0.5) is 0 Å². The standard InChI is InChI=1S/C12H18S/c1-9-6-10(2)12(8-13(4)5)11(3)7-9/h6-7H,4,8H2,1-3,5H3. The molecule has 1 atom stereocenters. The molecule has 1 rings (SSSR count). The maximum Gasteiger partial charge on any atom is 0.0132 e. The third-order valence-corrected chi connectivity index (χ3v) is 3.01. The first kappa shape index (κ1) is 10.5. The Kier molecular flexibility index (Phi) is 3.32. The summed E-state index contributed by atoms with van der Waals surface area (Å²) < 4.78 is 0. The van der Waals surface area contributed by atoms with E-state index >= 15 is 0 Å². The predicted octanol–water partition coefficient (Wildman–Crippen LogP) is 3.44. The first-order valence-corrected chi connectivity index (χ1v) is 6.47. The van der Waals surface area contributed by atoms with Gasteiger partial charge in [-0.1, -0.05) is 23.6 Å². The van der Waals surface area contributed by atoms with E-state index in [1.165, 1.54) is 22.3 Å². The number of aryl methyl sites for hydroxylation is 3. The molecule has 0 saturated carbocycles. The zero-order valence-corrected chi connectivity index (χ0v) is 9.79. The highest BCUT2D eigenvalue weighted by Gasteiger charge is 2.02. The molecule has 0 N–H and O–H groups in total. The molecular weight excluding hydrogens is 176 g/mol. The number of hydrogen-bond acceptors (Lipinski definition) is 0. The monoisotopic (exact) mass is 194 g/mol. The Bertz CT molecular complexity index is 314. The quantitative estimate of drug-likeness (QED) is 0.633. The maximum absolute atomic E-state index is 4.07. The molecule has 72 valence electrons. The van der Waals surface area contributed by atoms with Gasteiger partial charge in [0.25, 0.3) is 0 Å². The molecule has 13 heavy (non-hydrogen) atoms. The molecule has 1 aromatic carbocycles. The second-order valence-electron chi connectivity index (χ2n) is 3.80. The lowest BCUT2D eigenvalue weighted by Crippen LogP contribution is -1.93. The summed E-state index contributed by atoms with van der Waals surface area (Å²) >= 11 is 0. The molecular formula is C12H18S. The van der Waals surface area contributed by atoms with Gasteiger partial charge >= 0.3 is 0 Å². The van der Waals surface area contributed by atoms with E-state index in [9.17, 15) is 0 Å². The first-order valence-electron chi connectivity index (χ1n) is 4.49. The highest BCUT2D eigenvalue weighted by atomic mass is 32.2. The van der Waals surface area contributed by atoms with Crippen molar-refractivity contribution in [1.29, 1.82) is 0 Å². The van der Waals surface area contributed by atoms with E-state index in [0.29, 0.717) is 0 Å². The zero-order valence-electron chi connectivity index (χ0n) is 8.98. The average molecular weight is 194 g/mol. The van der Waals surface area contributed by atoms with Crippen LogP contribution >= 0.6 is 10.5 Å². The Hall–Kier alpha value is -0.560. The van der Waals surface area contributed by atoms with E-state index in [2.05, 4.69) is 45.0 Å². The van der Waals surface area contributed by atoms with Crippen LogP contribution in [0.25, 0.3) is 0 Å². The van der Waals surface area contributed by atoms with Crippen LogP contribution in [0.2, 0.25) is 0 Å². The summed E-state index contributed by atoms with van der Waals surface area (Å²) in [7, 11) is 0.256. The van der Waals surface area contributed by atoms with Crippen LogP contribution in [0.5, 0.6) is 0 Å². The largest absolute Gasteiger partial charge is 0.192 e. The van der Waals surface area contributed by atoms with E-state index in [1.54, 1.807) is 0 Å². The SMILES string of the molecule is C=S(C)Cc1c(C)cc(C)cc1C. The molecule has 1 aromatic rings. The molecule has 0 saturated heterocycles. The molecule has 0 radical (unpaired) electrons. The Morgan fingerprint density at radius 1 is 1.15 bits per heavy atom. The fourth-order valence-corrected chi connectivity index (χ4v) is 2.63. The predicted molar refractivity (Wildman–Crippen MR) is 65.0 cm³/mol. The lowest BCUT2D eigenvalue weighted by Gasteiger charge is -2.11. The molecule has 0 nitrogen and oxygen atoms in total. The van der Waals surface area contributed by atoms with Crippen molar-refractivity contribution in [3.8, 4) is 0 Å². The normalized spacial score (nSPS) is 12.9. The van der Waals surface area contributed by atoms with E-state index in [0.717, 1.165) is 5.75 Å². The van der Waals surface area contributed by atoms with Gasteiger partial charge in [0.05, 0.1) is 0 Å². The van der Waals surface area contributed by atoms with Crippen LogP contribution in [0.1, 0.15) is 22.3 Å². The van der Waals surface area contributed by atoms with Crippen LogP contribution in [-0.2, 0) is 5.75 Å². The van der Waals surface area contributed by atoms with Crippen molar-refractivity contribution in [2.24, 2.45) is 0 Å². The van der Waals surface area contributed by atoms with E-state index in [4.69, 9.17) is 0 Å². The summed E-state index contributed by atoms with van der Waals surface area (Å²) in [6.07, 6.45) is 2.19. The van der Waals surface area contributed by atoms with Crippen LogP contribution in [0.3, 0.4) is 0 Å². The number of rotatable bonds is 2. The van der Waals surface area contributed by atoms with Gasteiger partial charge in [0.15, 0.2) is 0 Å². The smallest absolute Gasteiger partial charge is 0.0132 e. The summed E-state index contributed by atoms with van der Waals surface area (Å²) in [6, 6.07) is 4.52. The van der Waals surface area contributed by atoms with Crippen molar-refractivity contribution in [3.63, 3.8) is 0 Å². The molecule has 0 aliphatic carbocycles. The van der Waals surface area contributed by atoms with Crippen molar-refractivity contribution in [3.05, 3.63) is 34.4 Å². The Balaban J connectivity index is 3.13. The Morgan fingerprint density at radius 3 is 2.00 bits per heavy atom. The topological polar surface area (TPSA) is 0 Å². The van der Waals surface area contributed by atoms with Gasteiger partial charge in [-0.05, 0) is 43.7 Å². The van der Waals surface area contributed by atoms with E-state index in [-0.39, 0.29) is 10.5 Å². The van der Waals surface area contributed by atoms with Crippen LogP contribution in [0, 0.1) is 20.8 Å². The average Bonchev–Trinajstić information content (AvgIpc) is 1.96. The summed E-state index contributed by atoms with van der Waals surface area (Å²) in [6.45, 7) is 6.55. The highest BCUT2D eigenvalue weighted by Crippen LogP contribution is 2.22. The lowest BCUT2D eigenvalue weighted by atomic mass is 10.0. The number of hydrogen-bond donors (Lipinski definition) is 0. The summed E-state index contributed by atoms with van der Waals surface area (Å²) in [4.78, 5) is 0. The van der Waals surface area contributed by atoms with Crippen molar-refractivity contribution in [2.45, 2.75) is 26.5 Å². The van der Waals surface area contributed by atoms with Gasteiger partial charge in [0.2, 0.25) is 0 Å². The summed E-state index contributed by atoms with van der Waals surface area (Å²) in [5.74, 6) is 5.19. The van der Waals surface area contributed by atoms with Gasteiger partial charge in [-0.15, -0.1) is 0 Å². The molecule has 0 aliphatic rings. The molecule has 1 unspecified atom stereocenters. The molecule has 0 fully saturated rings. The third-order valence-electron chi connectivity index (χ3n) is 2.23. The van der Waals surface area contributed by atoms with Crippen LogP contribution in [0.15, 0.2) is 12.1 Å². The van der Waals surface area contributed by atoms with E-state index < -0.39 is 0 Å². The molecule has 0 aliphatic heterocycles. The first-order chi connectivity index (χ1) is 6.00. The fraction of sp³-hybridized carbons (Fsp3) is 0.417. The van der Waals surface area contributed by atoms with Gasteiger partial charge in [-0.2, -0.15) is 10.5 Å². The molecule has 0 heterocycles. The molecule has 1 heteroatoms. The van der Waals surface area contributed by atoms with Gasteiger partial charge in [0, 0.05) is 5.75 Å². The molecule has 0 aromatic heterocycles. The molecule has 0 amide bonds. The Labute approximate surface area is 83.9 Å². The second kappa shape index (κ2) is 4.10. The number of benzene rings is 1. The van der Waals surface area contributed by atoms with Gasteiger partial charge in [-0.25, -0.2) is 0 Å². The van der Waals surface area contributed by atoms with Gasteiger partial charge in [0.1, 0.15) is 0 Å². The van der Waals surface area contributed by atoms with Crippen LogP contribution in [-0.4, -0.2) is 12.1 Å². The lowest BCUT2D eigenvalue weighted by molar-refractivity contribution is 1.21. The third kappa shape index (κ3) is 2.70. The minimum Gasteiger partial charge on any atom is -0.192 e. The van der Waals surface area contributed by atoms with Crippen molar-refractivity contribution in [1.82, 2.24) is 0 Å². The van der Waals surface area contributed by atoms with Gasteiger partial charge < -0.3 is 0 Å². The fourth-order valence-electron chi connectivity index (χ4n) is 1.68. The van der Waals surface area contributed by atoms with Crippen molar-refractivity contribution in [2.75, 3.05) is 6.26 Å². The maximum atomic E-state index is 4.07. The van der Waals surface area contributed by atoms with Crippen molar-refractivity contribution < 1.29 is 0 Å². The Morgan fingerprint density at radius 2 is 1.62 bits per heavy atom. The zero-order chi connectivity index (χ0) is 10.0. The van der Waals surface area contributed by atoms with Crippen LogP contribution < -0.4 is 0 Å². The molecule has 0 bridgehead atoms. The van der Waals surface area contributed by atoms with Crippen molar-refractivity contribution >= 4 is 16.4 Å². The van der Waals surface area contributed by atoms with E-state index in [1.807, 2.05) is 0 Å². The van der Waals surface area contributed by atoms with Gasteiger partial charge in [-0.3, -0.25) is 0 Å². The summed E-state index contributed by atoms with van der Waals surface area (Å²) in [5, 5.41) is 0. The minimum absolute atomic E-state index is 0.256. The second-order valence-corrected chi connectivity index (χ2v) is 5.65. The highest BCUT2D eigenvalue weighted by molar-refractivity contribution is 8.12.